The Bertz CT molecular complexity index is 188. The average molecular weight is 188 g/mol. The lowest BCUT2D eigenvalue weighted by molar-refractivity contribution is -0.145. The Morgan fingerprint density at radius 2 is 1.69 bits per heavy atom. The Morgan fingerprint density at radius 1 is 1.38 bits per heavy atom. The van der Waals surface area contributed by atoms with Gasteiger partial charge in [-0.1, -0.05) is 6.58 Å². The molecule has 0 unspecified atom stereocenters. The van der Waals surface area contributed by atoms with Crippen molar-refractivity contribution in [3.63, 3.8) is 0 Å². The molecule has 0 aromatic heterocycles. The largest absolute Gasteiger partial charge is 0.481 e. The molecule has 1 N–H and O–H groups in total. The quantitative estimate of drug-likeness (QED) is 0.503. The van der Waals surface area contributed by atoms with Crippen LogP contribution >= 0.6 is 0 Å². The first kappa shape index (κ1) is 14.2. The van der Waals surface area contributed by atoms with Gasteiger partial charge in [0.25, 0.3) is 0 Å². The van der Waals surface area contributed by atoms with E-state index in [-0.39, 0.29) is 5.97 Å². The molecule has 0 amide bonds. The van der Waals surface area contributed by atoms with Crippen molar-refractivity contribution in [2.45, 2.75) is 27.7 Å². The summed E-state index contributed by atoms with van der Waals surface area (Å²) in [5.74, 6) is -1.09. The standard InChI is InChI=1S/C5H10O2.C4H6O2/c1-5(2,3)4(6)7;1-3-6-4(2)5/h1-3H3,(H,6,7);3H,1H2,2H3. The number of carboxylic acids is 1. The Labute approximate surface area is 78.2 Å². The molecule has 0 aliphatic heterocycles. The van der Waals surface area contributed by atoms with E-state index < -0.39 is 11.4 Å². The van der Waals surface area contributed by atoms with Gasteiger partial charge in [-0.15, -0.1) is 0 Å². The fraction of sp³-hybridized carbons (Fsp3) is 0.556. The van der Waals surface area contributed by atoms with E-state index in [1.807, 2.05) is 0 Å². The van der Waals surface area contributed by atoms with E-state index in [9.17, 15) is 9.59 Å². The highest BCUT2D eigenvalue weighted by atomic mass is 16.5. The monoisotopic (exact) mass is 188 g/mol. The van der Waals surface area contributed by atoms with Crippen LogP contribution in [0.1, 0.15) is 27.7 Å². The number of hydrogen-bond acceptors (Lipinski definition) is 3. The molecule has 0 aromatic carbocycles. The van der Waals surface area contributed by atoms with Crippen molar-refractivity contribution >= 4 is 11.9 Å². The molecule has 13 heavy (non-hydrogen) atoms. The van der Waals surface area contributed by atoms with E-state index in [2.05, 4.69) is 11.3 Å². The fourth-order valence-electron chi connectivity index (χ4n) is 0.117. The molecule has 0 spiro atoms. The molecule has 0 fully saturated rings. The van der Waals surface area contributed by atoms with Crippen molar-refractivity contribution in [2.24, 2.45) is 5.41 Å². The second kappa shape index (κ2) is 6.22. The third-order valence-electron chi connectivity index (χ3n) is 0.891. The molecular formula is C9H16O4. The van der Waals surface area contributed by atoms with Crippen molar-refractivity contribution < 1.29 is 19.4 Å². The third kappa shape index (κ3) is 13.6. The molecule has 0 aliphatic rings. The van der Waals surface area contributed by atoms with Gasteiger partial charge in [-0.2, -0.15) is 0 Å². The number of carboxylic acid groups (broad SMARTS) is 1. The van der Waals surface area contributed by atoms with Crippen molar-refractivity contribution in [3.05, 3.63) is 12.8 Å². The molecule has 0 bridgehead atoms. The summed E-state index contributed by atoms with van der Waals surface area (Å²) in [7, 11) is 0. The molecule has 0 heterocycles. The van der Waals surface area contributed by atoms with Gasteiger partial charge in [0.1, 0.15) is 0 Å². The van der Waals surface area contributed by atoms with Crippen LogP contribution in [0.15, 0.2) is 12.8 Å². The number of ether oxygens (including phenoxy) is 1. The summed E-state index contributed by atoms with van der Waals surface area (Å²) in [5.41, 5.74) is -0.583. The summed E-state index contributed by atoms with van der Waals surface area (Å²) >= 11 is 0. The maximum Gasteiger partial charge on any atom is 0.308 e. The summed E-state index contributed by atoms with van der Waals surface area (Å²) in [5, 5.41) is 8.25. The van der Waals surface area contributed by atoms with Gasteiger partial charge >= 0.3 is 11.9 Å². The third-order valence-corrected chi connectivity index (χ3v) is 0.891. The maximum atomic E-state index is 10.0. The Morgan fingerprint density at radius 3 is 1.69 bits per heavy atom. The van der Waals surface area contributed by atoms with Crippen LogP contribution in [-0.4, -0.2) is 17.0 Å². The van der Waals surface area contributed by atoms with E-state index in [0.29, 0.717) is 0 Å². The molecule has 0 saturated heterocycles. The number of hydrogen-bond donors (Lipinski definition) is 1. The molecule has 0 aliphatic carbocycles. The van der Waals surface area contributed by atoms with Gasteiger partial charge in [0.15, 0.2) is 0 Å². The summed E-state index contributed by atoms with van der Waals surface area (Å²) < 4.78 is 4.17. The Hall–Kier alpha value is -1.32. The van der Waals surface area contributed by atoms with Crippen LogP contribution < -0.4 is 0 Å². The number of carbonyl (C=O) groups is 2. The first-order chi connectivity index (χ1) is 5.71. The predicted molar refractivity (Wildman–Crippen MR) is 49.1 cm³/mol. The van der Waals surface area contributed by atoms with Gasteiger partial charge in [-0.05, 0) is 20.8 Å². The molecule has 76 valence electrons. The van der Waals surface area contributed by atoms with Gasteiger partial charge in [0, 0.05) is 6.92 Å². The second-order valence-electron chi connectivity index (χ2n) is 3.33. The van der Waals surface area contributed by atoms with Crippen molar-refractivity contribution in [3.8, 4) is 0 Å². The Balaban J connectivity index is 0. The first-order valence-corrected chi connectivity index (χ1v) is 3.73. The van der Waals surface area contributed by atoms with Crippen molar-refractivity contribution in [2.75, 3.05) is 0 Å². The molecule has 4 nitrogen and oxygen atoms in total. The van der Waals surface area contributed by atoms with Crippen LogP contribution in [-0.2, 0) is 14.3 Å². The fourth-order valence-corrected chi connectivity index (χ4v) is 0.117. The van der Waals surface area contributed by atoms with Crippen LogP contribution in [0.5, 0.6) is 0 Å². The first-order valence-electron chi connectivity index (χ1n) is 3.73. The lowest BCUT2D eigenvalue weighted by atomic mass is 9.98. The van der Waals surface area contributed by atoms with Crippen LogP contribution in [0.4, 0.5) is 0 Å². The van der Waals surface area contributed by atoms with Gasteiger partial charge < -0.3 is 9.84 Å². The van der Waals surface area contributed by atoms with Crippen molar-refractivity contribution in [1.29, 1.82) is 0 Å². The molecule has 0 radical (unpaired) electrons. The van der Waals surface area contributed by atoms with E-state index >= 15 is 0 Å². The maximum absolute atomic E-state index is 10.0. The van der Waals surface area contributed by atoms with Crippen molar-refractivity contribution in [1.82, 2.24) is 0 Å². The number of carbonyl (C=O) groups excluding carboxylic acids is 1. The summed E-state index contributed by atoms with van der Waals surface area (Å²) in [6.07, 6.45) is 1.10. The summed E-state index contributed by atoms with van der Waals surface area (Å²) in [4.78, 5) is 19.8. The Kier molecular flexibility index (Phi) is 6.81. The van der Waals surface area contributed by atoms with Crippen LogP contribution in [0, 0.1) is 5.41 Å². The molecule has 0 atom stereocenters. The minimum Gasteiger partial charge on any atom is -0.481 e. The van der Waals surface area contributed by atoms with E-state index in [1.54, 1.807) is 20.8 Å². The molecule has 0 saturated carbocycles. The molecule has 0 aromatic rings. The molecule has 0 rings (SSSR count). The lowest BCUT2D eigenvalue weighted by Gasteiger charge is -2.08. The highest BCUT2D eigenvalue weighted by Gasteiger charge is 2.18. The van der Waals surface area contributed by atoms with Gasteiger partial charge in [0.05, 0.1) is 11.7 Å². The number of rotatable bonds is 1. The second-order valence-corrected chi connectivity index (χ2v) is 3.33. The zero-order chi connectivity index (χ0) is 11.1. The van der Waals surface area contributed by atoms with E-state index in [4.69, 9.17) is 5.11 Å². The molecule has 4 heteroatoms. The van der Waals surface area contributed by atoms with Gasteiger partial charge in [0.2, 0.25) is 0 Å². The topological polar surface area (TPSA) is 63.6 Å². The number of esters is 1. The van der Waals surface area contributed by atoms with Crippen LogP contribution in [0.2, 0.25) is 0 Å². The average Bonchev–Trinajstić information content (AvgIpc) is 1.85. The highest BCUT2D eigenvalue weighted by Crippen LogP contribution is 2.11. The lowest BCUT2D eigenvalue weighted by Crippen LogP contribution is -2.18. The zero-order valence-electron chi connectivity index (χ0n) is 8.46. The van der Waals surface area contributed by atoms with Gasteiger partial charge in [-0.3, -0.25) is 9.59 Å². The summed E-state index contributed by atoms with van der Waals surface area (Å²) in [6.45, 7) is 9.46. The van der Waals surface area contributed by atoms with E-state index in [0.717, 1.165) is 6.26 Å². The van der Waals surface area contributed by atoms with Crippen LogP contribution in [0.3, 0.4) is 0 Å². The minimum absolute atomic E-state index is 0.329. The SMILES string of the molecule is C=COC(C)=O.CC(C)(C)C(=O)O. The smallest absolute Gasteiger partial charge is 0.308 e. The number of aliphatic carboxylic acids is 1. The predicted octanol–water partition coefficient (Wildman–Crippen LogP) is 1.81. The highest BCUT2D eigenvalue weighted by molar-refractivity contribution is 5.72. The van der Waals surface area contributed by atoms with Gasteiger partial charge in [-0.25, -0.2) is 0 Å². The minimum atomic E-state index is -0.757. The normalized spacial score (nSPS) is 9.23. The molecular weight excluding hydrogens is 172 g/mol. The van der Waals surface area contributed by atoms with E-state index in [1.165, 1.54) is 6.92 Å². The zero-order valence-corrected chi connectivity index (χ0v) is 8.46. The summed E-state index contributed by atoms with van der Waals surface area (Å²) in [6, 6.07) is 0. The van der Waals surface area contributed by atoms with Crippen LogP contribution in [0.25, 0.3) is 0 Å².